The highest BCUT2D eigenvalue weighted by molar-refractivity contribution is 7.97. The molecule has 1 aromatic rings. The summed E-state index contributed by atoms with van der Waals surface area (Å²) in [6, 6.07) is 5.36. The molecule has 0 saturated carbocycles. The van der Waals surface area contributed by atoms with Crippen molar-refractivity contribution in [1.82, 2.24) is 0 Å². The fraction of sp³-hybridized carbons (Fsp3) is 0.333. The fourth-order valence-electron chi connectivity index (χ4n) is 0.948. The first-order valence-corrected chi connectivity index (χ1v) is 5.02. The van der Waals surface area contributed by atoms with Crippen molar-refractivity contribution in [2.75, 3.05) is 13.4 Å². The lowest BCUT2D eigenvalue weighted by Gasteiger charge is -2.04. The Kier molecular flexibility index (Phi) is 3.29. The minimum atomic E-state index is 0.309. The van der Waals surface area contributed by atoms with Gasteiger partial charge in [0.05, 0.1) is 7.11 Å². The largest absolute Gasteiger partial charge is 0.507 e. The van der Waals surface area contributed by atoms with Crippen LogP contribution in [0, 0.1) is 0 Å². The van der Waals surface area contributed by atoms with Crippen molar-refractivity contribution in [2.24, 2.45) is 0 Å². The first-order valence-electron chi connectivity index (χ1n) is 3.62. The molecular weight excluding hydrogens is 172 g/mol. The SMILES string of the molecule is COc1ccc(CSC)c(O)c1. The van der Waals surface area contributed by atoms with E-state index in [9.17, 15) is 5.11 Å². The molecule has 0 aliphatic heterocycles. The van der Waals surface area contributed by atoms with E-state index in [2.05, 4.69) is 0 Å². The van der Waals surface area contributed by atoms with Crippen LogP contribution in [0.3, 0.4) is 0 Å². The zero-order valence-corrected chi connectivity index (χ0v) is 8.02. The molecule has 1 aromatic carbocycles. The van der Waals surface area contributed by atoms with Gasteiger partial charge in [0.15, 0.2) is 0 Å². The van der Waals surface area contributed by atoms with E-state index in [1.54, 1.807) is 24.9 Å². The van der Waals surface area contributed by atoms with E-state index < -0.39 is 0 Å². The number of ether oxygens (including phenoxy) is 1. The number of thioether (sulfide) groups is 1. The number of rotatable bonds is 3. The summed E-state index contributed by atoms with van der Waals surface area (Å²) < 4.78 is 4.96. The normalized spacial score (nSPS) is 9.83. The van der Waals surface area contributed by atoms with Crippen LogP contribution < -0.4 is 4.74 Å². The van der Waals surface area contributed by atoms with Crippen LogP contribution in [0.25, 0.3) is 0 Å². The molecule has 0 heterocycles. The Bertz CT molecular complexity index is 261. The molecule has 0 unspecified atom stereocenters. The van der Waals surface area contributed by atoms with Crippen LogP contribution in [0.2, 0.25) is 0 Å². The Morgan fingerprint density at radius 1 is 1.50 bits per heavy atom. The molecule has 0 radical (unpaired) electrons. The molecule has 3 heteroatoms. The minimum Gasteiger partial charge on any atom is -0.507 e. The average Bonchev–Trinajstić information content (AvgIpc) is 2.09. The van der Waals surface area contributed by atoms with Crippen LogP contribution in [0.15, 0.2) is 18.2 Å². The van der Waals surface area contributed by atoms with Crippen LogP contribution in [-0.2, 0) is 5.75 Å². The lowest BCUT2D eigenvalue weighted by Crippen LogP contribution is -1.85. The van der Waals surface area contributed by atoms with E-state index in [0.29, 0.717) is 11.5 Å². The van der Waals surface area contributed by atoms with Gasteiger partial charge < -0.3 is 9.84 Å². The van der Waals surface area contributed by atoms with E-state index in [-0.39, 0.29) is 0 Å². The molecule has 12 heavy (non-hydrogen) atoms. The van der Waals surface area contributed by atoms with Crippen molar-refractivity contribution < 1.29 is 9.84 Å². The number of benzene rings is 1. The van der Waals surface area contributed by atoms with Gasteiger partial charge in [-0.15, -0.1) is 0 Å². The maximum Gasteiger partial charge on any atom is 0.123 e. The topological polar surface area (TPSA) is 29.5 Å². The summed E-state index contributed by atoms with van der Waals surface area (Å²) in [5.74, 6) is 1.83. The van der Waals surface area contributed by atoms with E-state index >= 15 is 0 Å². The van der Waals surface area contributed by atoms with E-state index in [1.807, 2.05) is 18.4 Å². The lowest BCUT2D eigenvalue weighted by atomic mass is 10.2. The molecule has 2 nitrogen and oxygen atoms in total. The number of phenols is 1. The predicted molar refractivity (Wildman–Crippen MR) is 51.9 cm³/mol. The van der Waals surface area contributed by atoms with Gasteiger partial charge in [0.2, 0.25) is 0 Å². The standard InChI is InChI=1S/C9H12O2S/c1-11-8-4-3-7(6-12-2)9(10)5-8/h3-5,10H,6H2,1-2H3. The summed E-state index contributed by atoms with van der Waals surface area (Å²) in [6.07, 6.45) is 2.00. The van der Waals surface area contributed by atoms with Crippen molar-refractivity contribution in [1.29, 1.82) is 0 Å². The highest BCUT2D eigenvalue weighted by Gasteiger charge is 2.01. The quantitative estimate of drug-likeness (QED) is 0.781. The van der Waals surface area contributed by atoms with Gasteiger partial charge in [-0.25, -0.2) is 0 Å². The molecule has 0 amide bonds. The molecule has 0 atom stereocenters. The molecule has 66 valence electrons. The summed E-state index contributed by atoms with van der Waals surface area (Å²) in [6.45, 7) is 0. The van der Waals surface area contributed by atoms with E-state index in [0.717, 1.165) is 11.3 Å². The maximum atomic E-state index is 9.46. The van der Waals surface area contributed by atoms with Gasteiger partial charge in [-0.2, -0.15) is 11.8 Å². The third-order valence-electron chi connectivity index (χ3n) is 1.59. The van der Waals surface area contributed by atoms with Gasteiger partial charge in [0.1, 0.15) is 11.5 Å². The Labute approximate surface area is 76.6 Å². The van der Waals surface area contributed by atoms with E-state index in [4.69, 9.17) is 4.74 Å². The second-order valence-corrected chi connectivity index (χ2v) is 3.29. The van der Waals surface area contributed by atoms with Crippen LogP contribution in [0.1, 0.15) is 5.56 Å². The van der Waals surface area contributed by atoms with Crippen molar-refractivity contribution in [3.8, 4) is 11.5 Å². The summed E-state index contributed by atoms with van der Waals surface area (Å²) >= 11 is 1.68. The molecule has 0 aromatic heterocycles. The molecular formula is C9H12O2S. The summed E-state index contributed by atoms with van der Waals surface area (Å²) in [7, 11) is 1.59. The number of phenolic OH excluding ortho intramolecular Hbond substituents is 1. The Morgan fingerprint density at radius 2 is 2.25 bits per heavy atom. The van der Waals surface area contributed by atoms with E-state index in [1.165, 1.54) is 0 Å². The van der Waals surface area contributed by atoms with Crippen LogP contribution in [-0.4, -0.2) is 18.5 Å². The second-order valence-electron chi connectivity index (χ2n) is 2.43. The summed E-state index contributed by atoms with van der Waals surface area (Å²) in [5.41, 5.74) is 0.948. The highest BCUT2D eigenvalue weighted by Crippen LogP contribution is 2.25. The zero-order valence-electron chi connectivity index (χ0n) is 7.20. The zero-order chi connectivity index (χ0) is 8.97. The molecule has 0 saturated heterocycles. The molecule has 1 N–H and O–H groups in total. The first kappa shape index (κ1) is 9.26. The van der Waals surface area contributed by atoms with Crippen LogP contribution in [0.5, 0.6) is 11.5 Å². The monoisotopic (exact) mass is 184 g/mol. The molecule has 0 bridgehead atoms. The Morgan fingerprint density at radius 3 is 2.75 bits per heavy atom. The number of hydrogen-bond acceptors (Lipinski definition) is 3. The van der Waals surface area contributed by atoms with Crippen molar-refractivity contribution in [3.05, 3.63) is 23.8 Å². The Hall–Kier alpha value is -0.830. The fourth-order valence-corrected chi connectivity index (χ4v) is 1.50. The number of methoxy groups -OCH3 is 1. The van der Waals surface area contributed by atoms with Gasteiger partial charge >= 0.3 is 0 Å². The average molecular weight is 184 g/mol. The maximum absolute atomic E-state index is 9.46. The highest BCUT2D eigenvalue weighted by atomic mass is 32.2. The third kappa shape index (κ3) is 2.08. The lowest BCUT2D eigenvalue weighted by molar-refractivity contribution is 0.407. The van der Waals surface area contributed by atoms with Crippen molar-refractivity contribution >= 4 is 11.8 Å². The number of hydrogen-bond donors (Lipinski definition) is 1. The molecule has 0 spiro atoms. The molecule has 0 aliphatic rings. The summed E-state index contributed by atoms with van der Waals surface area (Å²) in [4.78, 5) is 0. The predicted octanol–water partition coefficient (Wildman–Crippen LogP) is 2.26. The van der Waals surface area contributed by atoms with Gasteiger partial charge in [-0.3, -0.25) is 0 Å². The van der Waals surface area contributed by atoms with Gasteiger partial charge in [0.25, 0.3) is 0 Å². The van der Waals surface area contributed by atoms with Crippen molar-refractivity contribution in [2.45, 2.75) is 5.75 Å². The van der Waals surface area contributed by atoms with Crippen molar-refractivity contribution in [3.63, 3.8) is 0 Å². The third-order valence-corrected chi connectivity index (χ3v) is 2.19. The van der Waals surface area contributed by atoms with Gasteiger partial charge in [0, 0.05) is 17.4 Å². The van der Waals surface area contributed by atoms with Gasteiger partial charge in [-0.1, -0.05) is 6.07 Å². The molecule has 0 fully saturated rings. The molecule has 0 aliphatic carbocycles. The summed E-state index contributed by atoms with van der Waals surface area (Å²) in [5, 5.41) is 9.46. The van der Waals surface area contributed by atoms with Crippen LogP contribution in [0.4, 0.5) is 0 Å². The first-order chi connectivity index (χ1) is 5.77. The van der Waals surface area contributed by atoms with Gasteiger partial charge in [-0.05, 0) is 12.3 Å². The minimum absolute atomic E-state index is 0.309. The number of aromatic hydroxyl groups is 1. The van der Waals surface area contributed by atoms with Crippen LogP contribution >= 0.6 is 11.8 Å². The molecule has 1 rings (SSSR count). The smallest absolute Gasteiger partial charge is 0.123 e. The second kappa shape index (κ2) is 4.26. The Balaban J connectivity index is 2.87.